The third kappa shape index (κ3) is 5.73. The Balaban J connectivity index is 1.92. The molecule has 0 saturated heterocycles. The second kappa shape index (κ2) is 10.1. The van der Waals surface area contributed by atoms with Gasteiger partial charge >= 0.3 is 5.97 Å². The zero-order chi connectivity index (χ0) is 22.5. The molecule has 7 heteroatoms. The van der Waals surface area contributed by atoms with Crippen LogP contribution in [0.15, 0.2) is 35.0 Å². The van der Waals surface area contributed by atoms with Crippen LogP contribution in [0.2, 0.25) is 0 Å². The minimum Gasteiger partial charge on any atom is -0.480 e. The van der Waals surface area contributed by atoms with Crippen molar-refractivity contribution in [3.05, 3.63) is 52.0 Å². The standard InChI is InChI=1S/C24H31N3O3S/c1-5-16(4)13-27-21-7-6-18(23(28)26-20(24(29)30)10-15(2)3)12-19(21)25-22(27)11-17-8-9-31-14-17/h6-9,12,14-16,20H,5,10-11,13H2,1-4H3,(H,26,28)(H,29,30)/t16?,20-/m0/s1. The van der Waals surface area contributed by atoms with Crippen LogP contribution in [-0.2, 0) is 17.8 Å². The fraction of sp³-hybridized carbons (Fsp3) is 0.458. The molecule has 1 amide bonds. The monoisotopic (exact) mass is 441 g/mol. The Morgan fingerprint density at radius 3 is 2.61 bits per heavy atom. The largest absolute Gasteiger partial charge is 0.480 e. The van der Waals surface area contributed by atoms with E-state index in [0.29, 0.717) is 17.9 Å². The summed E-state index contributed by atoms with van der Waals surface area (Å²) < 4.78 is 2.25. The number of aliphatic carboxylic acids is 1. The molecule has 1 unspecified atom stereocenters. The Morgan fingerprint density at radius 1 is 1.23 bits per heavy atom. The van der Waals surface area contributed by atoms with Gasteiger partial charge in [0.1, 0.15) is 11.9 Å². The van der Waals surface area contributed by atoms with Crippen LogP contribution < -0.4 is 5.32 Å². The molecule has 2 N–H and O–H groups in total. The van der Waals surface area contributed by atoms with Crippen molar-refractivity contribution in [1.82, 2.24) is 14.9 Å². The lowest BCUT2D eigenvalue weighted by atomic mass is 10.0. The lowest BCUT2D eigenvalue weighted by molar-refractivity contribution is -0.139. The maximum atomic E-state index is 12.7. The number of carboxylic acid groups (broad SMARTS) is 1. The average molecular weight is 442 g/mol. The van der Waals surface area contributed by atoms with Crippen molar-refractivity contribution in [3.63, 3.8) is 0 Å². The molecule has 0 saturated carbocycles. The molecule has 2 heterocycles. The van der Waals surface area contributed by atoms with Gasteiger partial charge in [-0.2, -0.15) is 11.3 Å². The van der Waals surface area contributed by atoms with Gasteiger partial charge in [0.05, 0.1) is 11.0 Å². The number of carboxylic acids is 1. The van der Waals surface area contributed by atoms with Gasteiger partial charge in [0.25, 0.3) is 5.91 Å². The number of nitrogens with one attached hydrogen (secondary N) is 1. The molecule has 1 aromatic carbocycles. The van der Waals surface area contributed by atoms with E-state index < -0.39 is 12.0 Å². The summed E-state index contributed by atoms with van der Waals surface area (Å²) in [4.78, 5) is 29.1. The van der Waals surface area contributed by atoms with E-state index >= 15 is 0 Å². The van der Waals surface area contributed by atoms with Crippen LogP contribution in [0.3, 0.4) is 0 Å². The molecule has 0 fully saturated rings. The maximum Gasteiger partial charge on any atom is 0.326 e. The highest BCUT2D eigenvalue weighted by molar-refractivity contribution is 7.07. The molecule has 3 rings (SSSR count). The highest BCUT2D eigenvalue weighted by Crippen LogP contribution is 2.23. The second-order valence-electron chi connectivity index (χ2n) is 8.66. The molecule has 0 bridgehead atoms. The average Bonchev–Trinajstić information content (AvgIpc) is 3.35. The molecule has 0 aliphatic rings. The molecule has 0 aliphatic heterocycles. The fourth-order valence-electron chi connectivity index (χ4n) is 3.61. The van der Waals surface area contributed by atoms with Gasteiger partial charge in [0, 0.05) is 18.5 Å². The van der Waals surface area contributed by atoms with Crippen molar-refractivity contribution in [2.75, 3.05) is 0 Å². The number of benzene rings is 1. The summed E-state index contributed by atoms with van der Waals surface area (Å²) in [5.74, 6) is 0.257. The Bertz CT molecular complexity index is 1040. The molecule has 166 valence electrons. The molecule has 31 heavy (non-hydrogen) atoms. The van der Waals surface area contributed by atoms with Gasteiger partial charge in [-0.15, -0.1) is 0 Å². The van der Waals surface area contributed by atoms with Crippen LogP contribution in [0.5, 0.6) is 0 Å². The lowest BCUT2D eigenvalue weighted by Crippen LogP contribution is -2.41. The van der Waals surface area contributed by atoms with Gasteiger partial charge in [-0.1, -0.05) is 34.1 Å². The number of carbonyl (C=O) groups excluding carboxylic acids is 1. The molecule has 6 nitrogen and oxygen atoms in total. The van der Waals surface area contributed by atoms with E-state index in [1.54, 1.807) is 23.5 Å². The van der Waals surface area contributed by atoms with Crippen molar-refractivity contribution < 1.29 is 14.7 Å². The quantitative estimate of drug-likeness (QED) is 0.465. The van der Waals surface area contributed by atoms with Crippen molar-refractivity contribution in [2.45, 2.75) is 59.5 Å². The number of imidazole rings is 1. The van der Waals surface area contributed by atoms with Gasteiger partial charge in [-0.3, -0.25) is 4.79 Å². The first-order valence-electron chi connectivity index (χ1n) is 10.8. The Labute approximate surface area is 187 Å². The minimum absolute atomic E-state index is 0.166. The Kier molecular flexibility index (Phi) is 7.49. The van der Waals surface area contributed by atoms with Crippen LogP contribution in [0.25, 0.3) is 11.0 Å². The summed E-state index contributed by atoms with van der Waals surface area (Å²) in [6.45, 7) is 9.15. The molecular formula is C24H31N3O3S. The highest BCUT2D eigenvalue weighted by Gasteiger charge is 2.22. The van der Waals surface area contributed by atoms with Crippen molar-refractivity contribution in [3.8, 4) is 0 Å². The van der Waals surface area contributed by atoms with Crippen LogP contribution in [-0.4, -0.2) is 32.6 Å². The first-order chi connectivity index (χ1) is 14.8. The fourth-order valence-corrected chi connectivity index (χ4v) is 4.28. The van der Waals surface area contributed by atoms with Crippen molar-refractivity contribution >= 4 is 34.2 Å². The number of nitrogens with zero attached hydrogens (tertiary/aromatic N) is 2. The number of rotatable bonds is 10. The zero-order valence-corrected chi connectivity index (χ0v) is 19.4. The number of hydrogen-bond donors (Lipinski definition) is 2. The first kappa shape index (κ1) is 23.0. The van der Waals surface area contributed by atoms with Crippen molar-refractivity contribution in [2.24, 2.45) is 11.8 Å². The maximum absolute atomic E-state index is 12.7. The second-order valence-corrected chi connectivity index (χ2v) is 9.44. The van der Waals surface area contributed by atoms with Crippen LogP contribution >= 0.6 is 11.3 Å². The number of amides is 1. The highest BCUT2D eigenvalue weighted by atomic mass is 32.1. The third-order valence-corrected chi connectivity index (χ3v) is 6.27. The van der Waals surface area contributed by atoms with Gasteiger partial charge < -0.3 is 15.0 Å². The van der Waals surface area contributed by atoms with E-state index in [0.717, 1.165) is 36.2 Å². The van der Waals surface area contributed by atoms with E-state index in [2.05, 4.69) is 40.6 Å². The summed E-state index contributed by atoms with van der Waals surface area (Å²) in [7, 11) is 0. The molecule has 2 atom stereocenters. The third-order valence-electron chi connectivity index (χ3n) is 5.53. The molecule has 0 spiro atoms. The molecule has 2 aromatic heterocycles. The molecule has 0 aliphatic carbocycles. The van der Waals surface area contributed by atoms with Gasteiger partial charge in [0.2, 0.25) is 0 Å². The topological polar surface area (TPSA) is 84.2 Å². The SMILES string of the molecule is CCC(C)Cn1c(Cc2ccsc2)nc2cc(C(=O)N[C@@H](CC(C)C)C(=O)O)ccc21. The summed E-state index contributed by atoms with van der Waals surface area (Å²) in [6, 6.07) is 6.66. The number of thiophene rings is 1. The normalized spacial score (nSPS) is 13.5. The Hall–Kier alpha value is -2.67. The number of aromatic nitrogens is 2. The van der Waals surface area contributed by atoms with E-state index in [9.17, 15) is 14.7 Å². The van der Waals surface area contributed by atoms with Crippen molar-refractivity contribution in [1.29, 1.82) is 0 Å². The molecule has 0 radical (unpaired) electrons. The molecular weight excluding hydrogens is 410 g/mol. The number of fused-ring (bicyclic) bond motifs is 1. The summed E-state index contributed by atoms with van der Waals surface area (Å²) >= 11 is 1.67. The van der Waals surface area contributed by atoms with Gasteiger partial charge in [-0.05, 0) is 58.8 Å². The van der Waals surface area contributed by atoms with Crippen LogP contribution in [0, 0.1) is 11.8 Å². The van der Waals surface area contributed by atoms with Crippen LogP contribution in [0.1, 0.15) is 62.3 Å². The Morgan fingerprint density at radius 2 is 2.00 bits per heavy atom. The predicted molar refractivity (Wildman–Crippen MR) is 125 cm³/mol. The predicted octanol–water partition coefficient (Wildman–Crippen LogP) is 4.96. The summed E-state index contributed by atoms with van der Waals surface area (Å²) in [5, 5.41) is 16.3. The van der Waals surface area contributed by atoms with E-state index in [4.69, 9.17) is 4.98 Å². The minimum atomic E-state index is -1.01. The smallest absolute Gasteiger partial charge is 0.326 e. The first-order valence-corrected chi connectivity index (χ1v) is 11.8. The number of carbonyl (C=O) groups is 2. The molecule has 3 aromatic rings. The summed E-state index contributed by atoms with van der Waals surface area (Å²) in [6.07, 6.45) is 2.20. The zero-order valence-electron chi connectivity index (χ0n) is 18.6. The van der Waals surface area contributed by atoms with E-state index in [-0.39, 0.29) is 11.8 Å². The van der Waals surface area contributed by atoms with Gasteiger partial charge in [0.15, 0.2) is 0 Å². The summed E-state index contributed by atoms with van der Waals surface area (Å²) in [5.41, 5.74) is 3.41. The number of hydrogen-bond acceptors (Lipinski definition) is 4. The lowest BCUT2D eigenvalue weighted by Gasteiger charge is -2.16. The van der Waals surface area contributed by atoms with E-state index in [1.165, 1.54) is 5.56 Å². The van der Waals surface area contributed by atoms with E-state index in [1.807, 2.05) is 19.9 Å². The van der Waals surface area contributed by atoms with Crippen LogP contribution in [0.4, 0.5) is 0 Å². The van der Waals surface area contributed by atoms with Gasteiger partial charge in [-0.25, -0.2) is 9.78 Å².